The molecule has 2 rings (SSSR count). The smallest absolute Gasteiger partial charge is 0.242 e. The fourth-order valence-electron chi connectivity index (χ4n) is 2.13. The molecular weight excluding hydrogens is 250 g/mol. The molecule has 0 bridgehead atoms. The molecule has 0 fully saturated rings. The van der Waals surface area contributed by atoms with Crippen molar-refractivity contribution >= 4 is 22.5 Å². The molecule has 1 unspecified atom stereocenters. The van der Waals surface area contributed by atoms with E-state index in [1.165, 1.54) is 0 Å². The Balaban J connectivity index is 2.39. The molecule has 0 aliphatic carbocycles. The highest BCUT2D eigenvalue weighted by Crippen LogP contribution is 2.24. The number of carbonyl (C=O) groups excluding carboxylic acids is 1. The number of amides is 1. The topological polar surface area (TPSA) is 65.8 Å². The Labute approximate surface area is 118 Å². The third-order valence-corrected chi connectivity index (χ3v) is 3.19. The second-order valence-electron chi connectivity index (χ2n) is 5.17. The van der Waals surface area contributed by atoms with Crippen LogP contribution in [-0.2, 0) is 4.79 Å². The number of fused-ring (bicyclic) bond motifs is 1. The van der Waals surface area contributed by atoms with Crippen LogP contribution in [0.1, 0.15) is 19.5 Å². The molecule has 0 aliphatic rings. The van der Waals surface area contributed by atoms with Crippen LogP contribution in [0.25, 0.3) is 10.9 Å². The van der Waals surface area contributed by atoms with Crippen LogP contribution in [0.2, 0.25) is 0 Å². The first kappa shape index (κ1) is 14.0. The molecule has 1 amide bonds. The second-order valence-corrected chi connectivity index (χ2v) is 5.17. The number of carbonyl (C=O) groups is 1. The van der Waals surface area contributed by atoms with Gasteiger partial charge in [-0.05, 0) is 25.0 Å². The van der Waals surface area contributed by atoms with Gasteiger partial charge in [0.25, 0.3) is 0 Å². The number of hydrogen-bond acceptors (Lipinski definition) is 3. The van der Waals surface area contributed by atoms with Crippen LogP contribution in [-0.4, -0.2) is 10.9 Å². The quantitative estimate of drug-likeness (QED) is 0.928. The molecule has 0 spiro atoms. The van der Waals surface area contributed by atoms with Gasteiger partial charge in [-0.3, -0.25) is 9.78 Å². The van der Waals surface area contributed by atoms with Gasteiger partial charge in [0.05, 0.1) is 17.3 Å². The van der Waals surface area contributed by atoms with Crippen molar-refractivity contribution in [3.8, 4) is 6.07 Å². The van der Waals surface area contributed by atoms with Crippen molar-refractivity contribution < 1.29 is 4.79 Å². The van der Waals surface area contributed by atoms with Gasteiger partial charge >= 0.3 is 0 Å². The third-order valence-electron chi connectivity index (χ3n) is 3.19. The van der Waals surface area contributed by atoms with E-state index in [1.54, 1.807) is 0 Å². The van der Waals surface area contributed by atoms with Crippen molar-refractivity contribution in [1.29, 1.82) is 5.26 Å². The summed E-state index contributed by atoms with van der Waals surface area (Å²) in [6, 6.07) is 11.5. The molecule has 1 aromatic heterocycles. The van der Waals surface area contributed by atoms with Crippen molar-refractivity contribution in [1.82, 2.24) is 4.98 Å². The Hall–Kier alpha value is -2.41. The van der Waals surface area contributed by atoms with Crippen molar-refractivity contribution in [2.45, 2.75) is 20.8 Å². The molecule has 1 N–H and O–H groups in total. The number of aryl methyl sites for hydroxylation is 1. The largest absolute Gasteiger partial charge is 0.324 e. The molecule has 2 aromatic rings. The van der Waals surface area contributed by atoms with E-state index < -0.39 is 5.92 Å². The molecular formula is C16H17N3O. The SMILES string of the molecule is Cc1cc(NC(=O)C(C#N)C(C)C)c2ccccc2n1. The minimum absolute atomic E-state index is 0.0193. The van der Waals surface area contributed by atoms with Crippen molar-refractivity contribution in [3.63, 3.8) is 0 Å². The minimum Gasteiger partial charge on any atom is -0.324 e. The number of rotatable bonds is 3. The maximum Gasteiger partial charge on any atom is 0.242 e. The minimum atomic E-state index is -0.651. The average molecular weight is 267 g/mol. The number of anilines is 1. The number of pyridine rings is 1. The van der Waals surface area contributed by atoms with Crippen LogP contribution in [0.4, 0.5) is 5.69 Å². The van der Waals surface area contributed by atoms with Gasteiger partial charge < -0.3 is 5.32 Å². The van der Waals surface area contributed by atoms with Gasteiger partial charge in [0.15, 0.2) is 0 Å². The number of benzene rings is 1. The Morgan fingerprint density at radius 3 is 2.70 bits per heavy atom. The first-order chi connectivity index (χ1) is 9.52. The molecule has 1 heterocycles. The van der Waals surface area contributed by atoms with Gasteiger partial charge in [-0.1, -0.05) is 32.0 Å². The highest BCUT2D eigenvalue weighted by atomic mass is 16.1. The van der Waals surface area contributed by atoms with Gasteiger partial charge in [0.2, 0.25) is 5.91 Å². The van der Waals surface area contributed by atoms with Crippen LogP contribution >= 0.6 is 0 Å². The molecule has 20 heavy (non-hydrogen) atoms. The van der Waals surface area contributed by atoms with E-state index in [4.69, 9.17) is 5.26 Å². The highest BCUT2D eigenvalue weighted by Gasteiger charge is 2.22. The average Bonchev–Trinajstić information content (AvgIpc) is 2.38. The molecule has 4 heteroatoms. The van der Waals surface area contributed by atoms with Crippen molar-refractivity contribution in [2.24, 2.45) is 11.8 Å². The number of hydrogen-bond donors (Lipinski definition) is 1. The molecule has 0 aliphatic heterocycles. The summed E-state index contributed by atoms with van der Waals surface area (Å²) in [5, 5.41) is 12.8. The van der Waals surface area contributed by atoms with E-state index in [0.29, 0.717) is 5.69 Å². The summed E-state index contributed by atoms with van der Waals surface area (Å²) < 4.78 is 0. The molecule has 4 nitrogen and oxygen atoms in total. The van der Waals surface area contributed by atoms with E-state index >= 15 is 0 Å². The van der Waals surface area contributed by atoms with E-state index in [0.717, 1.165) is 16.6 Å². The Bertz CT molecular complexity index is 686. The number of aromatic nitrogens is 1. The molecule has 0 saturated heterocycles. The standard InChI is InChI=1S/C16H17N3O/c1-10(2)13(9-17)16(20)19-15-8-11(3)18-14-7-5-4-6-12(14)15/h4-8,10,13H,1-3H3,(H,18,19,20). The van der Waals surface area contributed by atoms with Crippen LogP contribution in [0.3, 0.4) is 0 Å². The number of nitrogens with one attached hydrogen (secondary N) is 1. The summed E-state index contributed by atoms with van der Waals surface area (Å²) in [4.78, 5) is 16.6. The maximum absolute atomic E-state index is 12.2. The summed E-state index contributed by atoms with van der Waals surface area (Å²) in [6.07, 6.45) is 0. The van der Waals surface area contributed by atoms with Gasteiger partial charge in [0, 0.05) is 11.1 Å². The fraction of sp³-hybridized carbons (Fsp3) is 0.312. The molecule has 0 saturated carbocycles. The zero-order valence-electron chi connectivity index (χ0n) is 11.8. The lowest BCUT2D eigenvalue weighted by molar-refractivity contribution is -0.119. The first-order valence-corrected chi connectivity index (χ1v) is 6.60. The fourth-order valence-corrected chi connectivity index (χ4v) is 2.13. The summed E-state index contributed by atoms with van der Waals surface area (Å²) in [5.41, 5.74) is 2.37. The van der Waals surface area contributed by atoms with Crippen LogP contribution in [0.5, 0.6) is 0 Å². The number of para-hydroxylation sites is 1. The Morgan fingerprint density at radius 1 is 1.35 bits per heavy atom. The van der Waals surface area contributed by atoms with Gasteiger partial charge in [-0.15, -0.1) is 0 Å². The number of nitrogens with zero attached hydrogens (tertiary/aromatic N) is 2. The molecule has 1 aromatic carbocycles. The normalized spacial score (nSPS) is 12.2. The summed E-state index contributed by atoms with van der Waals surface area (Å²) in [5.74, 6) is -0.935. The van der Waals surface area contributed by atoms with E-state index in [1.807, 2.05) is 51.1 Å². The van der Waals surface area contributed by atoms with Gasteiger partial charge in [-0.2, -0.15) is 5.26 Å². The van der Waals surface area contributed by atoms with Gasteiger partial charge in [0.1, 0.15) is 5.92 Å². The summed E-state index contributed by atoms with van der Waals surface area (Å²) in [7, 11) is 0. The molecule has 1 atom stereocenters. The monoisotopic (exact) mass is 267 g/mol. The predicted molar refractivity (Wildman–Crippen MR) is 79.1 cm³/mol. The lowest BCUT2D eigenvalue weighted by Crippen LogP contribution is -2.25. The summed E-state index contributed by atoms with van der Waals surface area (Å²) >= 11 is 0. The van der Waals surface area contributed by atoms with E-state index in [2.05, 4.69) is 16.4 Å². The lowest BCUT2D eigenvalue weighted by atomic mass is 9.96. The Morgan fingerprint density at radius 2 is 2.05 bits per heavy atom. The van der Waals surface area contributed by atoms with Gasteiger partial charge in [-0.25, -0.2) is 0 Å². The Kier molecular flexibility index (Phi) is 3.99. The van der Waals surface area contributed by atoms with E-state index in [9.17, 15) is 4.79 Å². The van der Waals surface area contributed by atoms with Crippen LogP contribution in [0.15, 0.2) is 30.3 Å². The number of nitriles is 1. The zero-order chi connectivity index (χ0) is 14.7. The first-order valence-electron chi connectivity index (χ1n) is 6.60. The third kappa shape index (κ3) is 2.77. The van der Waals surface area contributed by atoms with Crippen LogP contribution in [0, 0.1) is 30.1 Å². The zero-order valence-corrected chi connectivity index (χ0v) is 11.8. The maximum atomic E-state index is 12.2. The second kappa shape index (κ2) is 5.70. The predicted octanol–water partition coefficient (Wildman–Crippen LogP) is 3.28. The summed E-state index contributed by atoms with van der Waals surface area (Å²) in [6.45, 7) is 5.61. The van der Waals surface area contributed by atoms with Crippen molar-refractivity contribution in [2.75, 3.05) is 5.32 Å². The highest BCUT2D eigenvalue weighted by molar-refractivity contribution is 6.02. The van der Waals surface area contributed by atoms with Crippen LogP contribution < -0.4 is 5.32 Å². The van der Waals surface area contributed by atoms with Crippen molar-refractivity contribution in [3.05, 3.63) is 36.0 Å². The van der Waals surface area contributed by atoms with E-state index in [-0.39, 0.29) is 11.8 Å². The molecule has 102 valence electrons. The molecule has 0 radical (unpaired) electrons. The lowest BCUT2D eigenvalue weighted by Gasteiger charge is -2.14.